The summed E-state index contributed by atoms with van der Waals surface area (Å²) >= 11 is 0. The largest absolute Gasteiger partial charge is 0.385 e. The van der Waals surface area contributed by atoms with E-state index in [-0.39, 0.29) is 0 Å². The molecule has 0 radical (unpaired) electrons. The number of fused-ring (bicyclic) bond motifs is 1. The molecule has 0 bridgehead atoms. The van der Waals surface area contributed by atoms with Crippen molar-refractivity contribution in [3.8, 4) is 0 Å². The lowest BCUT2D eigenvalue weighted by atomic mass is 10.1. The molecule has 0 fully saturated rings. The molecule has 12 heavy (non-hydrogen) atoms. The van der Waals surface area contributed by atoms with Gasteiger partial charge < -0.3 is 15.4 Å². The molecule has 1 aromatic rings. The zero-order chi connectivity index (χ0) is 8.55. The second kappa shape index (κ2) is 2.84. The maximum Gasteiger partial charge on any atom is 0.161 e. The zero-order valence-corrected chi connectivity index (χ0v) is 6.77. The van der Waals surface area contributed by atoms with Crippen LogP contribution in [0.3, 0.4) is 0 Å². The Morgan fingerprint density at radius 3 is 3.17 bits per heavy atom. The molecule has 0 aromatic carbocycles. The molecule has 0 amide bonds. The fraction of sp³-hybridized carbons (Fsp3) is 0.714. The highest BCUT2D eigenvalue weighted by atomic mass is 16.3. The summed E-state index contributed by atoms with van der Waals surface area (Å²) in [6, 6.07) is 0. The van der Waals surface area contributed by atoms with Gasteiger partial charge in [-0.2, -0.15) is 0 Å². The number of nitrogens with two attached hydrogens (primary N) is 1. The summed E-state index contributed by atoms with van der Waals surface area (Å²) in [5.41, 5.74) is 5.46. The minimum Gasteiger partial charge on any atom is -0.385 e. The molecule has 5 nitrogen and oxygen atoms in total. The number of aliphatic hydroxyl groups excluding tert-OH is 1. The van der Waals surface area contributed by atoms with Crippen LogP contribution in [0.4, 0.5) is 0 Å². The van der Waals surface area contributed by atoms with E-state index in [4.69, 9.17) is 5.73 Å². The maximum absolute atomic E-state index is 9.51. The van der Waals surface area contributed by atoms with Crippen LogP contribution in [0.5, 0.6) is 0 Å². The van der Waals surface area contributed by atoms with Gasteiger partial charge in [0, 0.05) is 6.54 Å². The number of hydrogen-bond donors (Lipinski definition) is 2. The van der Waals surface area contributed by atoms with Crippen LogP contribution in [0, 0.1) is 0 Å². The van der Waals surface area contributed by atoms with Gasteiger partial charge in [-0.15, -0.1) is 10.2 Å². The van der Waals surface area contributed by atoms with E-state index in [1.165, 1.54) is 0 Å². The molecule has 1 aromatic heterocycles. The third-order valence-corrected chi connectivity index (χ3v) is 2.20. The molecule has 0 aliphatic carbocycles. The van der Waals surface area contributed by atoms with E-state index in [1.807, 2.05) is 4.57 Å². The van der Waals surface area contributed by atoms with Crippen molar-refractivity contribution in [2.24, 2.45) is 5.73 Å². The maximum atomic E-state index is 9.51. The third kappa shape index (κ3) is 1.02. The summed E-state index contributed by atoms with van der Waals surface area (Å²) in [7, 11) is 0. The molecule has 3 N–H and O–H groups in total. The van der Waals surface area contributed by atoms with Crippen molar-refractivity contribution in [2.75, 3.05) is 0 Å². The van der Waals surface area contributed by atoms with Crippen LogP contribution in [0.15, 0.2) is 0 Å². The lowest BCUT2D eigenvalue weighted by Crippen LogP contribution is -2.18. The van der Waals surface area contributed by atoms with Crippen LogP contribution in [-0.2, 0) is 13.1 Å². The first-order chi connectivity index (χ1) is 5.83. The summed E-state index contributed by atoms with van der Waals surface area (Å²) in [6.45, 7) is 1.27. The smallest absolute Gasteiger partial charge is 0.161 e. The number of nitrogens with zero attached hydrogens (tertiary/aromatic N) is 3. The van der Waals surface area contributed by atoms with Gasteiger partial charge in [-0.1, -0.05) is 0 Å². The van der Waals surface area contributed by atoms with Gasteiger partial charge in [0.2, 0.25) is 0 Å². The third-order valence-electron chi connectivity index (χ3n) is 2.20. The Kier molecular flexibility index (Phi) is 1.82. The average Bonchev–Trinajstić information content (AvgIpc) is 2.49. The molecule has 2 heterocycles. The first-order valence-electron chi connectivity index (χ1n) is 4.13. The molecule has 2 rings (SSSR count). The van der Waals surface area contributed by atoms with Gasteiger partial charge in [-0.05, 0) is 12.8 Å². The van der Waals surface area contributed by atoms with Crippen molar-refractivity contribution in [1.29, 1.82) is 0 Å². The molecule has 0 saturated heterocycles. The van der Waals surface area contributed by atoms with E-state index in [0.29, 0.717) is 12.4 Å². The van der Waals surface area contributed by atoms with E-state index < -0.39 is 6.10 Å². The van der Waals surface area contributed by atoms with E-state index >= 15 is 0 Å². The fourth-order valence-electron chi connectivity index (χ4n) is 1.56. The highest BCUT2D eigenvalue weighted by Gasteiger charge is 2.22. The van der Waals surface area contributed by atoms with Gasteiger partial charge in [0.1, 0.15) is 11.9 Å². The molecule has 5 heteroatoms. The van der Waals surface area contributed by atoms with E-state index in [2.05, 4.69) is 10.2 Å². The molecule has 1 aliphatic heterocycles. The van der Waals surface area contributed by atoms with Crippen LogP contribution in [0.25, 0.3) is 0 Å². The minimum absolute atomic E-state index is 0.389. The highest BCUT2D eigenvalue weighted by molar-refractivity contribution is 5.01. The predicted molar refractivity (Wildman–Crippen MR) is 42.1 cm³/mol. The first kappa shape index (κ1) is 7.70. The number of aromatic nitrogens is 3. The normalized spacial score (nSPS) is 22.3. The van der Waals surface area contributed by atoms with Crippen LogP contribution in [0.1, 0.15) is 30.6 Å². The summed E-state index contributed by atoms with van der Waals surface area (Å²) in [5.74, 6) is 1.44. The Morgan fingerprint density at radius 1 is 1.58 bits per heavy atom. The van der Waals surface area contributed by atoms with Gasteiger partial charge in [0.15, 0.2) is 5.82 Å². The molecular formula is C7H12N4O. The van der Waals surface area contributed by atoms with Crippen molar-refractivity contribution in [3.63, 3.8) is 0 Å². The number of rotatable bonds is 1. The first-order valence-corrected chi connectivity index (χ1v) is 4.13. The average molecular weight is 168 g/mol. The van der Waals surface area contributed by atoms with Crippen molar-refractivity contribution in [3.05, 3.63) is 11.6 Å². The zero-order valence-electron chi connectivity index (χ0n) is 6.77. The molecule has 0 saturated carbocycles. The van der Waals surface area contributed by atoms with Gasteiger partial charge in [-0.3, -0.25) is 0 Å². The molecular weight excluding hydrogens is 156 g/mol. The lowest BCUT2D eigenvalue weighted by molar-refractivity contribution is 0.133. The van der Waals surface area contributed by atoms with Crippen molar-refractivity contribution >= 4 is 0 Å². The van der Waals surface area contributed by atoms with Crippen LogP contribution >= 0.6 is 0 Å². The quantitative estimate of drug-likeness (QED) is 0.596. The van der Waals surface area contributed by atoms with E-state index in [9.17, 15) is 5.11 Å². The monoisotopic (exact) mass is 168 g/mol. The van der Waals surface area contributed by atoms with Crippen molar-refractivity contribution < 1.29 is 5.11 Å². The summed E-state index contributed by atoms with van der Waals surface area (Å²) in [4.78, 5) is 0. The number of hydrogen-bond acceptors (Lipinski definition) is 4. The molecule has 1 atom stereocenters. The topological polar surface area (TPSA) is 77.0 Å². The van der Waals surface area contributed by atoms with Crippen LogP contribution in [0.2, 0.25) is 0 Å². The minimum atomic E-state index is -0.452. The second-order valence-corrected chi connectivity index (χ2v) is 2.99. The number of aliphatic hydroxyl groups is 1. The molecule has 0 spiro atoms. The Bertz CT molecular complexity index is 283. The van der Waals surface area contributed by atoms with Gasteiger partial charge in [-0.25, -0.2) is 0 Å². The van der Waals surface area contributed by atoms with E-state index in [0.717, 1.165) is 25.2 Å². The summed E-state index contributed by atoms with van der Waals surface area (Å²) in [5, 5.41) is 17.3. The highest BCUT2D eigenvalue weighted by Crippen LogP contribution is 2.23. The standard InChI is InChI=1S/C7H12N4O/c8-4-6-9-10-7-5(12)2-1-3-11(6)7/h5,12H,1-4,8H2. The molecule has 1 unspecified atom stereocenters. The van der Waals surface area contributed by atoms with Crippen molar-refractivity contribution in [2.45, 2.75) is 32.0 Å². The second-order valence-electron chi connectivity index (χ2n) is 2.99. The Hall–Kier alpha value is -0.940. The Balaban J connectivity index is 2.41. The SMILES string of the molecule is NCc1nnc2n1CCCC2O. The Morgan fingerprint density at radius 2 is 2.42 bits per heavy atom. The van der Waals surface area contributed by atoms with Gasteiger partial charge in [0.25, 0.3) is 0 Å². The summed E-state index contributed by atoms with van der Waals surface area (Å²) in [6.07, 6.45) is 1.30. The molecule has 1 aliphatic rings. The Labute approximate surface area is 70.2 Å². The fourth-order valence-corrected chi connectivity index (χ4v) is 1.56. The van der Waals surface area contributed by atoms with E-state index in [1.54, 1.807) is 0 Å². The lowest BCUT2D eigenvalue weighted by Gasteiger charge is -2.18. The predicted octanol–water partition coefficient (Wildman–Crippen LogP) is -0.436. The van der Waals surface area contributed by atoms with Crippen LogP contribution in [-0.4, -0.2) is 19.9 Å². The van der Waals surface area contributed by atoms with Gasteiger partial charge >= 0.3 is 0 Å². The molecule has 66 valence electrons. The van der Waals surface area contributed by atoms with Crippen LogP contribution < -0.4 is 5.73 Å². The van der Waals surface area contributed by atoms with Gasteiger partial charge in [0.05, 0.1) is 6.54 Å². The van der Waals surface area contributed by atoms with Crippen molar-refractivity contribution in [1.82, 2.24) is 14.8 Å². The summed E-state index contributed by atoms with van der Waals surface area (Å²) < 4.78 is 1.91.